The highest BCUT2D eigenvalue weighted by Gasteiger charge is 2.29. The fourth-order valence-corrected chi connectivity index (χ4v) is 3.95. The van der Waals surface area contributed by atoms with E-state index in [4.69, 9.17) is 16.9 Å². The van der Waals surface area contributed by atoms with Crippen LogP contribution in [0.1, 0.15) is 11.4 Å². The summed E-state index contributed by atoms with van der Waals surface area (Å²) in [5.41, 5.74) is 0.254. The van der Waals surface area contributed by atoms with Gasteiger partial charge in [-0.2, -0.15) is 9.57 Å². The summed E-state index contributed by atoms with van der Waals surface area (Å²) in [7, 11) is -3.64. The number of nitriles is 1. The van der Waals surface area contributed by atoms with E-state index in [2.05, 4.69) is 4.98 Å². The molecule has 0 aliphatic carbocycles. The molecule has 2 heterocycles. The van der Waals surface area contributed by atoms with Gasteiger partial charge in [-0.25, -0.2) is 13.4 Å². The highest BCUT2D eigenvalue weighted by molar-refractivity contribution is 7.89. The van der Waals surface area contributed by atoms with Crippen LogP contribution in [0.4, 0.5) is 0 Å². The van der Waals surface area contributed by atoms with Gasteiger partial charge in [-0.05, 0) is 18.2 Å². The van der Waals surface area contributed by atoms with Crippen molar-refractivity contribution >= 4 is 21.6 Å². The molecule has 0 N–H and O–H groups in total. The van der Waals surface area contributed by atoms with Crippen molar-refractivity contribution in [2.45, 2.75) is 18.0 Å². The number of rotatable bonds is 2. The Hall–Kier alpha value is -1.88. The molecule has 1 aromatic carbocycles. The lowest BCUT2D eigenvalue weighted by molar-refractivity contribution is 0.335. The number of fused-ring (bicyclic) bond motifs is 1. The van der Waals surface area contributed by atoms with Gasteiger partial charge in [-0.15, -0.1) is 0 Å². The Kier molecular flexibility index (Phi) is 3.45. The van der Waals surface area contributed by atoms with Gasteiger partial charge in [0.05, 0.1) is 22.0 Å². The van der Waals surface area contributed by atoms with Crippen molar-refractivity contribution in [3.63, 3.8) is 0 Å². The molecule has 108 valence electrons. The Balaban J connectivity index is 1.95. The molecule has 0 saturated carbocycles. The lowest BCUT2D eigenvalue weighted by atomic mass is 10.2. The Morgan fingerprint density at radius 1 is 1.33 bits per heavy atom. The fraction of sp³-hybridized carbons (Fsp3) is 0.231. The van der Waals surface area contributed by atoms with Gasteiger partial charge in [0, 0.05) is 25.5 Å². The molecular formula is C13H11ClN4O2S. The zero-order chi connectivity index (χ0) is 15.0. The quantitative estimate of drug-likeness (QED) is 0.841. The standard InChI is InChI=1S/C13H11ClN4O2S/c14-12-7-11(2-1-10(12)8-15)21(19,20)18-6-5-17-4-3-16-13(17)9-18/h1-4,7H,5-6,9H2. The smallest absolute Gasteiger partial charge is 0.243 e. The molecule has 0 unspecified atom stereocenters. The monoisotopic (exact) mass is 322 g/mol. The average Bonchev–Trinajstić information content (AvgIpc) is 2.94. The molecule has 6 nitrogen and oxygen atoms in total. The van der Waals surface area contributed by atoms with Crippen LogP contribution in [0.2, 0.25) is 5.02 Å². The van der Waals surface area contributed by atoms with E-state index < -0.39 is 10.0 Å². The molecule has 0 fully saturated rings. The zero-order valence-corrected chi connectivity index (χ0v) is 12.5. The lowest BCUT2D eigenvalue weighted by Gasteiger charge is -2.27. The van der Waals surface area contributed by atoms with Gasteiger partial charge in [0.25, 0.3) is 0 Å². The third-order valence-electron chi connectivity index (χ3n) is 3.41. The summed E-state index contributed by atoms with van der Waals surface area (Å²) in [5.74, 6) is 0.713. The maximum Gasteiger partial charge on any atom is 0.243 e. The van der Waals surface area contributed by atoms with Gasteiger partial charge in [0.1, 0.15) is 11.9 Å². The summed E-state index contributed by atoms with van der Waals surface area (Å²) in [6, 6.07) is 6.05. The molecule has 0 atom stereocenters. The van der Waals surface area contributed by atoms with Crippen LogP contribution in [0.15, 0.2) is 35.5 Å². The number of imidazole rings is 1. The van der Waals surface area contributed by atoms with Crippen molar-refractivity contribution in [1.82, 2.24) is 13.9 Å². The molecule has 8 heteroatoms. The number of aromatic nitrogens is 2. The summed E-state index contributed by atoms with van der Waals surface area (Å²) < 4.78 is 28.5. The van der Waals surface area contributed by atoms with Gasteiger partial charge in [0.2, 0.25) is 10.0 Å². The van der Waals surface area contributed by atoms with Crippen LogP contribution < -0.4 is 0 Å². The molecule has 2 aromatic rings. The topological polar surface area (TPSA) is 79.0 Å². The van der Waals surface area contributed by atoms with Crippen molar-refractivity contribution < 1.29 is 8.42 Å². The van der Waals surface area contributed by atoms with Crippen LogP contribution in [0.3, 0.4) is 0 Å². The first-order valence-corrected chi connectivity index (χ1v) is 8.04. The first-order chi connectivity index (χ1) is 10.0. The second-order valence-corrected chi connectivity index (χ2v) is 6.97. The summed E-state index contributed by atoms with van der Waals surface area (Å²) in [6.07, 6.45) is 3.49. The van der Waals surface area contributed by atoms with Crippen molar-refractivity contribution in [2.24, 2.45) is 0 Å². The van der Waals surface area contributed by atoms with E-state index in [9.17, 15) is 8.42 Å². The maximum atomic E-state index is 12.6. The van der Waals surface area contributed by atoms with E-state index >= 15 is 0 Å². The minimum absolute atomic E-state index is 0.0894. The van der Waals surface area contributed by atoms with Crippen molar-refractivity contribution in [3.05, 3.63) is 47.0 Å². The molecule has 0 amide bonds. The predicted octanol–water partition coefficient (Wildman–Crippen LogP) is 1.61. The highest BCUT2D eigenvalue weighted by atomic mass is 35.5. The van der Waals surface area contributed by atoms with Gasteiger partial charge in [-0.1, -0.05) is 11.6 Å². The molecule has 3 rings (SSSR count). The molecule has 1 aromatic heterocycles. The predicted molar refractivity (Wildman–Crippen MR) is 76.0 cm³/mol. The van der Waals surface area contributed by atoms with Crippen LogP contribution >= 0.6 is 11.6 Å². The SMILES string of the molecule is N#Cc1ccc(S(=O)(=O)N2CCn3ccnc3C2)cc1Cl. The lowest BCUT2D eigenvalue weighted by Crippen LogP contribution is -2.38. The molecule has 0 radical (unpaired) electrons. The normalized spacial score (nSPS) is 15.4. The Bertz CT molecular complexity index is 838. The van der Waals surface area contributed by atoms with Crippen LogP contribution in [0.25, 0.3) is 0 Å². The average molecular weight is 323 g/mol. The third-order valence-corrected chi connectivity index (χ3v) is 5.56. The minimum atomic E-state index is -3.64. The van der Waals surface area contributed by atoms with E-state index in [0.717, 1.165) is 0 Å². The number of sulfonamides is 1. The Morgan fingerprint density at radius 3 is 2.86 bits per heavy atom. The minimum Gasteiger partial charge on any atom is -0.333 e. The second-order valence-electron chi connectivity index (χ2n) is 4.63. The largest absolute Gasteiger partial charge is 0.333 e. The maximum absolute atomic E-state index is 12.6. The number of hydrogen-bond donors (Lipinski definition) is 0. The van der Waals surface area contributed by atoms with Gasteiger partial charge >= 0.3 is 0 Å². The first-order valence-electron chi connectivity index (χ1n) is 6.22. The highest BCUT2D eigenvalue weighted by Crippen LogP contribution is 2.25. The number of halogens is 1. The molecule has 1 aliphatic rings. The van der Waals surface area contributed by atoms with Crippen molar-refractivity contribution in [3.8, 4) is 6.07 Å². The van der Waals surface area contributed by atoms with Crippen LogP contribution in [-0.2, 0) is 23.1 Å². The molecule has 0 bridgehead atoms. The summed E-state index contributed by atoms with van der Waals surface area (Å²) in [4.78, 5) is 4.24. The summed E-state index contributed by atoms with van der Waals surface area (Å²) in [6.45, 7) is 1.18. The summed E-state index contributed by atoms with van der Waals surface area (Å²) >= 11 is 5.92. The number of hydrogen-bond acceptors (Lipinski definition) is 4. The Labute approximate surface area is 127 Å². The van der Waals surface area contributed by atoms with E-state index in [-0.39, 0.29) is 22.0 Å². The number of benzene rings is 1. The fourth-order valence-electron chi connectivity index (χ4n) is 2.25. The van der Waals surface area contributed by atoms with E-state index in [1.807, 2.05) is 16.8 Å². The molecule has 0 spiro atoms. The van der Waals surface area contributed by atoms with Gasteiger partial charge in [0.15, 0.2) is 0 Å². The molecule has 21 heavy (non-hydrogen) atoms. The second kappa shape index (κ2) is 5.15. The van der Waals surface area contributed by atoms with Gasteiger partial charge in [-0.3, -0.25) is 0 Å². The van der Waals surface area contributed by atoms with Crippen LogP contribution in [0.5, 0.6) is 0 Å². The Morgan fingerprint density at radius 2 is 2.14 bits per heavy atom. The number of nitrogens with zero attached hydrogens (tertiary/aromatic N) is 4. The van der Waals surface area contributed by atoms with Crippen LogP contribution in [-0.4, -0.2) is 28.8 Å². The molecule has 1 aliphatic heterocycles. The molecule has 0 saturated heterocycles. The van der Waals surface area contributed by atoms with Crippen molar-refractivity contribution in [1.29, 1.82) is 5.26 Å². The van der Waals surface area contributed by atoms with Gasteiger partial charge < -0.3 is 4.57 Å². The first kappa shape index (κ1) is 14.1. The molecular weight excluding hydrogens is 312 g/mol. The third kappa shape index (κ3) is 2.42. The summed E-state index contributed by atoms with van der Waals surface area (Å²) in [5, 5.41) is 8.98. The van der Waals surface area contributed by atoms with E-state index in [1.165, 1.54) is 22.5 Å². The van der Waals surface area contributed by atoms with E-state index in [0.29, 0.717) is 18.9 Å². The van der Waals surface area contributed by atoms with Crippen LogP contribution in [0, 0.1) is 11.3 Å². The van der Waals surface area contributed by atoms with Crippen molar-refractivity contribution in [2.75, 3.05) is 6.54 Å². The van der Waals surface area contributed by atoms with E-state index in [1.54, 1.807) is 6.20 Å². The zero-order valence-electron chi connectivity index (χ0n) is 10.9.